The molecule has 0 radical (unpaired) electrons. The highest BCUT2D eigenvalue weighted by atomic mass is 16.5. The molecule has 0 aliphatic carbocycles. The summed E-state index contributed by atoms with van der Waals surface area (Å²) in [5, 5.41) is 2.39. The highest BCUT2D eigenvalue weighted by molar-refractivity contribution is 5.89. The standard InChI is InChI=1S/C17H22N2O4/c1-13(20)17(14-6-4-3-5-7-14)8-10-19(11-9-17)15(21)12-18-16(22)23-2/h3-7H,8-12H2,1-2H3,(H,18,22). The Labute approximate surface area is 135 Å². The maximum Gasteiger partial charge on any atom is 0.407 e. The number of ether oxygens (including phenoxy) is 1. The Morgan fingerprint density at radius 1 is 1.17 bits per heavy atom. The van der Waals surface area contributed by atoms with Crippen LogP contribution in [0, 0.1) is 0 Å². The van der Waals surface area contributed by atoms with E-state index in [1.54, 1.807) is 11.8 Å². The van der Waals surface area contributed by atoms with Gasteiger partial charge in [0.05, 0.1) is 12.5 Å². The van der Waals surface area contributed by atoms with Crippen molar-refractivity contribution in [2.24, 2.45) is 0 Å². The molecule has 1 fully saturated rings. The van der Waals surface area contributed by atoms with Gasteiger partial charge in [-0.3, -0.25) is 9.59 Å². The Morgan fingerprint density at radius 2 is 1.78 bits per heavy atom. The number of methoxy groups -OCH3 is 1. The number of carbonyl (C=O) groups is 3. The lowest BCUT2D eigenvalue weighted by atomic mass is 9.70. The smallest absolute Gasteiger partial charge is 0.407 e. The normalized spacial score (nSPS) is 16.5. The van der Waals surface area contributed by atoms with E-state index in [1.807, 2.05) is 30.3 Å². The second-order valence-corrected chi connectivity index (χ2v) is 5.73. The number of ketones is 1. The lowest BCUT2D eigenvalue weighted by molar-refractivity contribution is -0.134. The van der Waals surface area contributed by atoms with Gasteiger partial charge in [0.2, 0.25) is 5.91 Å². The molecule has 6 nitrogen and oxygen atoms in total. The molecular formula is C17H22N2O4. The first-order valence-corrected chi connectivity index (χ1v) is 7.66. The van der Waals surface area contributed by atoms with Crippen molar-refractivity contribution < 1.29 is 19.1 Å². The zero-order valence-electron chi connectivity index (χ0n) is 13.5. The van der Waals surface area contributed by atoms with Crippen LogP contribution in [0.25, 0.3) is 0 Å². The second kappa shape index (κ2) is 7.26. The number of alkyl carbamates (subject to hydrolysis) is 1. The van der Waals surface area contributed by atoms with E-state index in [4.69, 9.17) is 0 Å². The average molecular weight is 318 g/mol. The van der Waals surface area contributed by atoms with Crippen molar-refractivity contribution in [3.8, 4) is 0 Å². The molecule has 2 amide bonds. The quantitative estimate of drug-likeness (QED) is 0.912. The summed E-state index contributed by atoms with van der Waals surface area (Å²) in [6.45, 7) is 2.51. The fraction of sp³-hybridized carbons (Fsp3) is 0.471. The minimum atomic E-state index is -0.627. The van der Waals surface area contributed by atoms with Crippen molar-refractivity contribution in [3.63, 3.8) is 0 Å². The molecule has 124 valence electrons. The molecule has 0 bridgehead atoms. The molecule has 6 heteroatoms. The number of nitrogens with zero attached hydrogens (tertiary/aromatic N) is 1. The minimum Gasteiger partial charge on any atom is -0.453 e. The van der Waals surface area contributed by atoms with Crippen LogP contribution in [0.5, 0.6) is 0 Å². The van der Waals surface area contributed by atoms with Gasteiger partial charge in [0.15, 0.2) is 0 Å². The van der Waals surface area contributed by atoms with Gasteiger partial charge in [-0.1, -0.05) is 30.3 Å². The van der Waals surface area contributed by atoms with Gasteiger partial charge in [-0.2, -0.15) is 0 Å². The highest BCUT2D eigenvalue weighted by Crippen LogP contribution is 2.36. The topological polar surface area (TPSA) is 75.7 Å². The van der Waals surface area contributed by atoms with Gasteiger partial charge in [-0.15, -0.1) is 0 Å². The number of piperidine rings is 1. The summed E-state index contributed by atoms with van der Waals surface area (Å²) < 4.78 is 4.44. The number of hydrogen-bond donors (Lipinski definition) is 1. The van der Waals surface area contributed by atoms with Gasteiger partial charge in [0.1, 0.15) is 12.3 Å². The van der Waals surface area contributed by atoms with Crippen molar-refractivity contribution >= 4 is 17.8 Å². The maximum absolute atomic E-state index is 12.3. The Hall–Kier alpha value is -2.37. The molecule has 0 saturated carbocycles. The Bertz CT molecular complexity index is 578. The summed E-state index contributed by atoms with van der Waals surface area (Å²) in [4.78, 5) is 37.1. The van der Waals surface area contributed by atoms with E-state index in [0.29, 0.717) is 25.9 Å². The first kappa shape index (κ1) is 17.0. The number of Topliss-reactive ketones (excluding diaryl/α,β-unsaturated/α-hetero) is 1. The third-order valence-electron chi connectivity index (χ3n) is 4.54. The molecule has 1 saturated heterocycles. The monoisotopic (exact) mass is 318 g/mol. The minimum absolute atomic E-state index is 0.0922. The summed E-state index contributed by atoms with van der Waals surface area (Å²) in [5.41, 5.74) is 0.487. The van der Waals surface area contributed by atoms with E-state index >= 15 is 0 Å². The fourth-order valence-corrected chi connectivity index (χ4v) is 3.07. The van der Waals surface area contributed by atoms with Gasteiger partial charge in [-0.25, -0.2) is 4.79 Å². The second-order valence-electron chi connectivity index (χ2n) is 5.73. The van der Waals surface area contributed by atoms with E-state index in [9.17, 15) is 14.4 Å². The van der Waals surface area contributed by atoms with Gasteiger partial charge < -0.3 is 15.0 Å². The van der Waals surface area contributed by atoms with E-state index < -0.39 is 11.5 Å². The predicted octanol–water partition coefficient (Wildman–Crippen LogP) is 1.49. The molecule has 23 heavy (non-hydrogen) atoms. The van der Waals surface area contributed by atoms with E-state index in [1.165, 1.54) is 7.11 Å². The van der Waals surface area contributed by atoms with Crippen LogP contribution < -0.4 is 5.32 Å². The third kappa shape index (κ3) is 3.70. The number of amides is 2. The zero-order chi connectivity index (χ0) is 16.9. The van der Waals surface area contributed by atoms with Gasteiger partial charge >= 0.3 is 6.09 Å². The Kier molecular flexibility index (Phi) is 5.36. The van der Waals surface area contributed by atoms with E-state index in [-0.39, 0.29) is 18.2 Å². The van der Waals surface area contributed by atoms with Gasteiger partial charge in [-0.05, 0) is 25.3 Å². The number of hydrogen-bond acceptors (Lipinski definition) is 4. The molecular weight excluding hydrogens is 296 g/mol. The van der Waals surface area contributed by atoms with E-state index in [2.05, 4.69) is 10.1 Å². The van der Waals surface area contributed by atoms with Crippen LogP contribution in [-0.2, 0) is 19.7 Å². The van der Waals surface area contributed by atoms with Crippen LogP contribution in [0.1, 0.15) is 25.3 Å². The molecule has 0 unspecified atom stereocenters. The van der Waals surface area contributed by atoms with Crippen molar-refractivity contribution in [2.45, 2.75) is 25.2 Å². The largest absolute Gasteiger partial charge is 0.453 e. The maximum atomic E-state index is 12.3. The van der Waals surface area contributed by atoms with Gasteiger partial charge in [0.25, 0.3) is 0 Å². The predicted molar refractivity (Wildman–Crippen MR) is 85.0 cm³/mol. The summed E-state index contributed by atoms with van der Waals surface area (Å²) >= 11 is 0. The SMILES string of the molecule is COC(=O)NCC(=O)N1CCC(C(C)=O)(c2ccccc2)CC1. The van der Waals surface area contributed by atoms with Crippen molar-refractivity contribution in [1.82, 2.24) is 10.2 Å². The van der Waals surface area contributed by atoms with Crippen LogP contribution in [-0.4, -0.2) is 49.4 Å². The molecule has 1 aromatic rings. The number of likely N-dealkylation sites (tertiary alicyclic amines) is 1. The summed E-state index contributed by atoms with van der Waals surface area (Å²) in [5.74, 6) is -0.0379. The summed E-state index contributed by atoms with van der Waals surface area (Å²) in [6, 6.07) is 9.72. The molecule has 1 heterocycles. The van der Waals surface area contributed by atoms with Crippen LogP contribution in [0.2, 0.25) is 0 Å². The number of nitrogens with one attached hydrogen (secondary N) is 1. The zero-order valence-corrected chi connectivity index (χ0v) is 13.5. The molecule has 0 aromatic heterocycles. The Balaban J connectivity index is 2.02. The van der Waals surface area contributed by atoms with Crippen LogP contribution in [0.15, 0.2) is 30.3 Å². The molecule has 1 N–H and O–H groups in total. The number of benzene rings is 1. The first-order valence-electron chi connectivity index (χ1n) is 7.66. The lowest BCUT2D eigenvalue weighted by Crippen LogP contribution is -2.50. The van der Waals surface area contributed by atoms with Crippen LogP contribution in [0.4, 0.5) is 4.79 Å². The van der Waals surface area contributed by atoms with Crippen molar-refractivity contribution in [3.05, 3.63) is 35.9 Å². The van der Waals surface area contributed by atoms with Crippen LogP contribution in [0.3, 0.4) is 0 Å². The number of carbonyl (C=O) groups excluding carboxylic acids is 3. The van der Waals surface area contributed by atoms with E-state index in [0.717, 1.165) is 5.56 Å². The molecule has 1 aromatic carbocycles. The Morgan fingerprint density at radius 3 is 2.30 bits per heavy atom. The molecule has 1 aliphatic heterocycles. The van der Waals surface area contributed by atoms with Crippen molar-refractivity contribution in [1.29, 1.82) is 0 Å². The fourth-order valence-electron chi connectivity index (χ4n) is 3.07. The molecule has 0 atom stereocenters. The molecule has 0 spiro atoms. The first-order chi connectivity index (χ1) is 11.0. The summed E-state index contributed by atoms with van der Waals surface area (Å²) in [6.07, 6.45) is 0.560. The van der Waals surface area contributed by atoms with Gasteiger partial charge in [0, 0.05) is 13.1 Å². The average Bonchev–Trinajstić information content (AvgIpc) is 2.60. The molecule has 2 rings (SSSR count). The summed E-state index contributed by atoms with van der Waals surface area (Å²) in [7, 11) is 1.25. The van der Waals surface area contributed by atoms with Crippen molar-refractivity contribution in [2.75, 3.05) is 26.7 Å². The van der Waals surface area contributed by atoms with Crippen LogP contribution >= 0.6 is 0 Å². The number of rotatable bonds is 4. The lowest BCUT2D eigenvalue weighted by Gasteiger charge is -2.40. The highest BCUT2D eigenvalue weighted by Gasteiger charge is 2.41. The third-order valence-corrected chi connectivity index (χ3v) is 4.54. The molecule has 1 aliphatic rings.